The summed E-state index contributed by atoms with van der Waals surface area (Å²) in [7, 11) is 0. The number of aryl methyl sites for hydroxylation is 1. The first-order chi connectivity index (χ1) is 12.4. The third-order valence-electron chi connectivity index (χ3n) is 4.73. The first-order valence-corrected chi connectivity index (χ1v) is 9.22. The Morgan fingerprint density at radius 1 is 1.04 bits per heavy atom. The van der Waals surface area contributed by atoms with Gasteiger partial charge in [-0.05, 0) is 53.1 Å². The molecule has 2 aromatic rings. The van der Waals surface area contributed by atoms with Gasteiger partial charge in [-0.2, -0.15) is 0 Å². The Morgan fingerprint density at radius 2 is 1.59 bits per heavy atom. The van der Waals surface area contributed by atoms with E-state index in [0.717, 1.165) is 16.0 Å². The Morgan fingerprint density at radius 3 is 2.04 bits per heavy atom. The van der Waals surface area contributed by atoms with Crippen molar-refractivity contribution in [3.05, 3.63) is 58.7 Å². The lowest BCUT2D eigenvalue weighted by atomic mass is 9.84. The van der Waals surface area contributed by atoms with E-state index in [2.05, 4.69) is 13.8 Å². The summed E-state index contributed by atoms with van der Waals surface area (Å²) in [5, 5.41) is 10.5. The van der Waals surface area contributed by atoms with Crippen molar-refractivity contribution in [2.24, 2.45) is 0 Å². The summed E-state index contributed by atoms with van der Waals surface area (Å²) in [6.45, 7) is 13.4. The number of carbonyl (C=O) groups is 2. The van der Waals surface area contributed by atoms with Gasteiger partial charge in [0.15, 0.2) is 0 Å². The quantitative estimate of drug-likeness (QED) is 0.799. The van der Waals surface area contributed by atoms with Gasteiger partial charge >= 0.3 is 0 Å². The van der Waals surface area contributed by atoms with E-state index in [1.165, 1.54) is 6.92 Å². The van der Waals surface area contributed by atoms with Gasteiger partial charge in [-0.15, -0.1) is 0 Å². The van der Waals surface area contributed by atoms with Crippen molar-refractivity contribution in [1.82, 2.24) is 0 Å². The van der Waals surface area contributed by atoms with Gasteiger partial charge in [-0.25, -0.2) is 4.90 Å². The highest BCUT2D eigenvalue weighted by Crippen LogP contribution is 2.32. The van der Waals surface area contributed by atoms with Crippen LogP contribution < -0.4 is 4.90 Å². The van der Waals surface area contributed by atoms with E-state index >= 15 is 0 Å². The number of phenolic OH excluding ortho intramolecular Hbond substituents is 1. The van der Waals surface area contributed by atoms with Crippen LogP contribution in [0.15, 0.2) is 36.4 Å². The van der Waals surface area contributed by atoms with Crippen LogP contribution >= 0.6 is 0 Å². The average molecular weight is 367 g/mol. The maximum atomic E-state index is 13.2. The number of anilines is 1. The molecule has 0 aliphatic rings. The highest BCUT2D eigenvalue weighted by Gasteiger charge is 2.27. The second-order valence-corrected chi connectivity index (χ2v) is 8.35. The van der Waals surface area contributed by atoms with Crippen molar-refractivity contribution < 1.29 is 14.7 Å². The SMILES string of the molecule is CC(=O)N(C(=O)c1cc(C(C)(C)C)cc(C)c1O)c1ccc(C(C)C)cc1. The van der Waals surface area contributed by atoms with Gasteiger partial charge in [0.1, 0.15) is 5.75 Å². The highest BCUT2D eigenvalue weighted by atomic mass is 16.3. The number of nitrogens with zero attached hydrogens (tertiary/aromatic N) is 1. The van der Waals surface area contributed by atoms with Gasteiger partial charge in [0.05, 0.1) is 11.3 Å². The summed E-state index contributed by atoms with van der Waals surface area (Å²) in [4.78, 5) is 26.6. The van der Waals surface area contributed by atoms with Crippen molar-refractivity contribution >= 4 is 17.5 Å². The molecule has 0 saturated carbocycles. The topological polar surface area (TPSA) is 57.6 Å². The standard InChI is InChI=1S/C23H29NO3/c1-14(2)17-8-10-19(11-9-17)24(16(4)25)22(27)20-13-18(23(5,6)7)12-15(3)21(20)26/h8-14,26H,1-7H3. The minimum absolute atomic E-state index is 0.0851. The third kappa shape index (κ3) is 4.38. The zero-order chi connectivity index (χ0) is 20.5. The molecule has 4 nitrogen and oxygen atoms in total. The van der Waals surface area contributed by atoms with E-state index in [0.29, 0.717) is 17.2 Å². The number of benzene rings is 2. The summed E-state index contributed by atoms with van der Waals surface area (Å²) >= 11 is 0. The second-order valence-electron chi connectivity index (χ2n) is 8.35. The number of aromatic hydroxyl groups is 1. The molecule has 0 aliphatic heterocycles. The van der Waals surface area contributed by atoms with Gasteiger partial charge in [-0.3, -0.25) is 9.59 Å². The van der Waals surface area contributed by atoms with Crippen molar-refractivity contribution in [2.75, 3.05) is 4.90 Å². The predicted octanol–water partition coefficient (Wildman–Crippen LogP) is 5.31. The first kappa shape index (κ1) is 20.7. The average Bonchev–Trinajstić information content (AvgIpc) is 2.56. The molecule has 0 radical (unpaired) electrons. The highest BCUT2D eigenvalue weighted by molar-refractivity contribution is 6.21. The Balaban J connectivity index is 2.55. The van der Waals surface area contributed by atoms with Gasteiger partial charge in [0.25, 0.3) is 5.91 Å². The molecule has 0 unspecified atom stereocenters. The lowest BCUT2D eigenvalue weighted by molar-refractivity contribution is -0.115. The molecule has 27 heavy (non-hydrogen) atoms. The predicted molar refractivity (Wildman–Crippen MR) is 110 cm³/mol. The van der Waals surface area contributed by atoms with Gasteiger partial charge in [0.2, 0.25) is 5.91 Å². The zero-order valence-corrected chi connectivity index (χ0v) is 17.3. The maximum absolute atomic E-state index is 13.2. The van der Waals surface area contributed by atoms with Crippen LogP contribution in [0.5, 0.6) is 5.75 Å². The van der Waals surface area contributed by atoms with Crippen molar-refractivity contribution in [3.8, 4) is 5.75 Å². The fourth-order valence-electron chi connectivity index (χ4n) is 2.95. The second kappa shape index (κ2) is 7.55. The molecule has 0 spiro atoms. The lowest BCUT2D eigenvalue weighted by Gasteiger charge is -2.24. The molecule has 0 saturated heterocycles. The van der Waals surface area contributed by atoms with Crippen LogP contribution in [0.2, 0.25) is 0 Å². The molecule has 0 bridgehead atoms. The molecule has 0 aromatic heterocycles. The van der Waals surface area contributed by atoms with Crippen molar-refractivity contribution in [1.29, 1.82) is 0 Å². The van der Waals surface area contributed by atoms with Crippen LogP contribution in [-0.4, -0.2) is 16.9 Å². The minimum Gasteiger partial charge on any atom is -0.507 e. The van der Waals surface area contributed by atoms with Crippen LogP contribution in [0.3, 0.4) is 0 Å². The lowest BCUT2D eigenvalue weighted by Crippen LogP contribution is -2.35. The van der Waals surface area contributed by atoms with E-state index in [1.54, 1.807) is 25.1 Å². The molecule has 0 fully saturated rings. The molecule has 4 heteroatoms. The molecule has 0 atom stereocenters. The molecule has 0 heterocycles. The normalized spacial score (nSPS) is 11.6. The number of phenols is 1. The van der Waals surface area contributed by atoms with Gasteiger partial charge in [0, 0.05) is 6.92 Å². The van der Waals surface area contributed by atoms with E-state index in [-0.39, 0.29) is 16.7 Å². The number of rotatable bonds is 3. The Bertz CT molecular complexity index is 858. The summed E-state index contributed by atoms with van der Waals surface area (Å²) < 4.78 is 0. The van der Waals surface area contributed by atoms with Gasteiger partial charge < -0.3 is 5.11 Å². The Labute approximate surface area is 161 Å². The molecular weight excluding hydrogens is 338 g/mol. The number of hydrogen-bond donors (Lipinski definition) is 1. The van der Waals surface area contributed by atoms with Crippen LogP contribution in [0.1, 0.15) is 74.5 Å². The molecule has 0 aliphatic carbocycles. The minimum atomic E-state index is -0.522. The number of carbonyl (C=O) groups excluding carboxylic acids is 2. The maximum Gasteiger partial charge on any atom is 0.268 e. The van der Waals surface area contributed by atoms with Crippen LogP contribution in [0.25, 0.3) is 0 Å². The van der Waals surface area contributed by atoms with E-state index in [4.69, 9.17) is 0 Å². The van der Waals surface area contributed by atoms with Gasteiger partial charge in [-0.1, -0.05) is 52.8 Å². The largest absolute Gasteiger partial charge is 0.507 e. The number of imide groups is 1. The Hall–Kier alpha value is -2.62. The number of hydrogen-bond acceptors (Lipinski definition) is 3. The summed E-state index contributed by atoms with van der Waals surface area (Å²) in [6.07, 6.45) is 0. The van der Waals surface area contributed by atoms with Crippen LogP contribution in [-0.2, 0) is 10.2 Å². The number of amides is 2. The third-order valence-corrected chi connectivity index (χ3v) is 4.73. The van der Waals surface area contributed by atoms with E-state index in [1.807, 2.05) is 39.0 Å². The van der Waals surface area contributed by atoms with E-state index < -0.39 is 11.8 Å². The molecule has 2 amide bonds. The molecule has 2 aromatic carbocycles. The zero-order valence-electron chi connectivity index (χ0n) is 17.3. The molecular formula is C23H29NO3. The smallest absolute Gasteiger partial charge is 0.268 e. The molecule has 2 rings (SSSR count). The summed E-state index contributed by atoms with van der Waals surface area (Å²) in [5.74, 6) is -0.643. The monoisotopic (exact) mass is 367 g/mol. The van der Waals surface area contributed by atoms with Crippen LogP contribution in [0, 0.1) is 6.92 Å². The molecule has 144 valence electrons. The first-order valence-electron chi connectivity index (χ1n) is 9.22. The fourth-order valence-corrected chi connectivity index (χ4v) is 2.95. The van der Waals surface area contributed by atoms with Crippen LogP contribution in [0.4, 0.5) is 5.69 Å². The van der Waals surface area contributed by atoms with E-state index in [9.17, 15) is 14.7 Å². The summed E-state index contributed by atoms with van der Waals surface area (Å²) in [6, 6.07) is 10.9. The Kier molecular flexibility index (Phi) is 5.79. The van der Waals surface area contributed by atoms with Crippen molar-refractivity contribution in [2.45, 2.75) is 59.8 Å². The fraction of sp³-hybridized carbons (Fsp3) is 0.391. The summed E-state index contributed by atoms with van der Waals surface area (Å²) in [5.41, 5.74) is 3.12. The molecule has 1 N–H and O–H groups in total. The van der Waals surface area contributed by atoms with Crippen molar-refractivity contribution in [3.63, 3.8) is 0 Å².